The maximum atomic E-state index is 12.5. The molecule has 1 N–H and O–H groups in total. The third-order valence-corrected chi connectivity index (χ3v) is 6.94. The van der Waals surface area contributed by atoms with Crippen molar-refractivity contribution in [2.45, 2.75) is 43.4 Å². The average Bonchev–Trinajstić information content (AvgIpc) is 3.51. The zero-order valence-electron chi connectivity index (χ0n) is 18.3. The summed E-state index contributed by atoms with van der Waals surface area (Å²) in [6.07, 6.45) is 4.47. The van der Waals surface area contributed by atoms with Crippen LogP contribution in [-0.4, -0.2) is 39.5 Å². The van der Waals surface area contributed by atoms with E-state index in [1.54, 1.807) is 24.3 Å². The van der Waals surface area contributed by atoms with Crippen molar-refractivity contribution in [3.8, 4) is 11.4 Å². The lowest BCUT2D eigenvalue weighted by molar-refractivity contribution is -0.118. The van der Waals surface area contributed by atoms with Gasteiger partial charge in [0, 0.05) is 18.2 Å². The van der Waals surface area contributed by atoms with Crippen LogP contribution in [0.3, 0.4) is 0 Å². The van der Waals surface area contributed by atoms with Gasteiger partial charge in [-0.2, -0.15) is 0 Å². The minimum Gasteiger partial charge on any atom is -0.465 e. The number of ether oxygens (including phenoxy) is 1. The molecule has 0 spiro atoms. The molecule has 0 saturated heterocycles. The van der Waals surface area contributed by atoms with Crippen molar-refractivity contribution in [3.05, 3.63) is 64.7 Å². The van der Waals surface area contributed by atoms with Crippen LogP contribution in [0, 0.1) is 0 Å². The van der Waals surface area contributed by atoms with Crippen LogP contribution in [-0.2, 0) is 16.1 Å². The number of hydrogen-bond acceptors (Lipinski definition) is 6. The lowest BCUT2D eigenvalue weighted by Gasteiger charge is -2.17. The summed E-state index contributed by atoms with van der Waals surface area (Å²) in [4.78, 5) is 24.0. The van der Waals surface area contributed by atoms with Crippen molar-refractivity contribution in [1.82, 2.24) is 20.1 Å². The maximum absolute atomic E-state index is 12.5. The Morgan fingerprint density at radius 1 is 1.12 bits per heavy atom. The Morgan fingerprint density at radius 2 is 1.85 bits per heavy atom. The van der Waals surface area contributed by atoms with E-state index in [9.17, 15) is 9.59 Å². The number of carbonyl (C=O) groups excluding carboxylic acids is 2. The quantitative estimate of drug-likeness (QED) is 0.361. The Balaban J connectivity index is 1.41. The van der Waals surface area contributed by atoms with Gasteiger partial charge in [-0.15, -0.1) is 10.2 Å². The van der Waals surface area contributed by atoms with Crippen LogP contribution in [0.15, 0.2) is 53.7 Å². The Bertz CT molecular complexity index is 1130. The fourth-order valence-corrected chi connectivity index (χ4v) is 5.01. The van der Waals surface area contributed by atoms with E-state index >= 15 is 0 Å². The summed E-state index contributed by atoms with van der Waals surface area (Å²) in [5, 5.41) is 13.1. The molecular weight excluding hydrogens is 460 g/mol. The van der Waals surface area contributed by atoms with E-state index in [2.05, 4.69) is 20.1 Å². The molecule has 1 fully saturated rings. The molecular formula is C24H25ClN4O3S. The van der Waals surface area contributed by atoms with E-state index in [0.717, 1.165) is 34.9 Å². The van der Waals surface area contributed by atoms with Gasteiger partial charge < -0.3 is 10.1 Å². The van der Waals surface area contributed by atoms with Crippen LogP contribution in [0.4, 0.5) is 0 Å². The summed E-state index contributed by atoms with van der Waals surface area (Å²) in [6.45, 7) is 0.376. The first-order valence-corrected chi connectivity index (χ1v) is 12.2. The molecule has 172 valence electrons. The number of aromatic nitrogens is 3. The summed E-state index contributed by atoms with van der Waals surface area (Å²) >= 11 is 7.81. The van der Waals surface area contributed by atoms with E-state index in [1.165, 1.54) is 31.7 Å². The first-order chi connectivity index (χ1) is 16.1. The molecule has 1 aromatic heterocycles. The minimum absolute atomic E-state index is 0.0997. The lowest BCUT2D eigenvalue weighted by atomic mass is 10.1. The molecule has 1 aliphatic rings. The van der Waals surface area contributed by atoms with Gasteiger partial charge in [0.1, 0.15) is 0 Å². The lowest BCUT2D eigenvalue weighted by Crippen LogP contribution is -2.24. The van der Waals surface area contributed by atoms with E-state index in [1.807, 2.05) is 24.3 Å². The van der Waals surface area contributed by atoms with Gasteiger partial charge in [-0.05, 0) is 42.7 Å². The highest BCUT2D eigenvalue weighted by molar-refractivity contribution is 7.99. The first kappa shape index (κ1) is 23.3. The van der Waals surface area contributed by atoms with Crippen molar-refractivity contribution < 1.29 is 14.3 Å². The second-order valence-corrected chi connectivity index (χ2v) is 9.20. The standard InChI is InChI=1S/C24H25ClN4O3S/c1-32-23(31)17-12-10-16(11-13-17)14-26-21(30)15-33-24-28-27-22(19-8-4-5-9-20(19)25)29(24)18-6-2-3-7-18/h4-5,8-13,18H,2-3,6-7,14-15H2,1H3,(H,26,30). The van der Waals surface area contributed by atoms with E-state index < -0.39 is 0 Å². The summed E-state index contributed by atoms with van der Waals surface area (Å²) in [5.74, 6) is 0.496. The van der Waals surface area contributed by atoms with E-state index in [0.29, 0.717) is 23.2 Å². The number of amides is 1. The van der Waals surface area contributed by atoms with Crippen molar-refractivity contribution in [1.29, 1.82) is 0 Å². The first-order valence-electron chi connectivity index (χ1n) is 10.8. The second kappa shape index (κ2) is 10.9. The summed E-state index contributed by atoms with van der Waals surface area (Å²) in [6, 6.07) is 14.9. The van der Waals surface area contributed by atoms with Gasteiger partial charge in [-0.3, -0.25) is 9.36 Å². The molecule has 4 rings (SSSR count). The Hall–Kier alpha value is -2.84. The van der Waals surface area contributed by atoms with Crippen LogP contribution < -0.4 is 5.32 Å². The molecule has 1 amide bonds. The van der Waals surface area contributed by atoms with Crippen LogP contribution in [0.5, 0.6) is 0 Å². The molecule has 1 saturated carbocycles. The van der Waals surface area contributed by atoms with Crippen LogP contribution in [0.2, 0.25) is 5.02 Å². The Kier molecular flexibility index (Phi) is 7.67. The summed E-state index contributed by atoms with van der Waals surface area (Å²) in [7, 11) is 1.35. The van der Waals surface area contributed by atoms with Crippen molar-refractivity contribution in [3.63, 3.8) is 0 Å². The van der Waals surface area contributed by atoms with Gasteiger partial charge in [0.05, 0.1) is 23.4 Å². The molecule has 1 heterocycles. The number of carbonyl (C=O) groups is 2. The molecule has 0 unspecified atom stereocenters. The molecule has 0 bridgehead atoms. The fraction of sp³-hybridized carbons (Fsp3) is 0.333. The van der Waals surface area contributed by atoms with Gasteiger partial charge >= 0.3 is 5.97 Å². The number of hydrogen-bond donors (Lipinski definition) is 1. The van der Waals surface area contributed by atoms with Crippen molar-refractivity contribution in [2.75, 3.05) is 12.9 Å². The molecule has 3 aromatic rings. The number of nitrogens with zero attached hydrogens (tertiary/aromatic N) is 3. The molecule has 0 radical (unpaired) electrons. The highest BCUT2D eigenvalue weighted by Gasteiger charge is 2.26. The molecule has 7 nitrogen and oxygen atoms in total. The van der Waals surface area contributed by atoms with Crippen molar-refractivity contribution in [2.24, 2.45) is 0 Å². The highest BCUT2D eigenvalue weighted by atomic mass is 35.5. The smallest absolute Gasteiger partial charge is 0.337 e. The molecule has 0 atom stereocenters. The molecule has 9 heteroatoms. The van der Waals surface area contributed by atoms with Crippen LogP contribution >= 0.6 is 23.4 Å². The predicted octanol–water partition coefficient (Wildman–Crippen LogP) is 4.91. The average molecular weight is 485 g/mol. The summed E-state index contributed by atoms with van der Waals surface area (Å²) < 4.78 is 6.85. The number of rotatable bonds is 8. The molecule has 33 heavy (non-hydrogen) atoms. The van der Waals surface area contributed by atoms with E-state index in [4.69, 9.17) is 16.3 Å². The summed E-state index contributed by atoms with van der Waals surface area (Å²) in [5.41, 5.74) is 2.23. The number of esters is 1. The minimum atomic E-state index is -0.385. The van der Waals surface area contributed by atoms with Gasteiger partial charge in [0.2, 0.25) is 5.91 Å². The highest BCUT2D eigenvalue weighted by Crippen LogP contribution is 2.38. The van der Waals surface area contributed by atoms with Gasteiger partial charge in [0.15, 0.2) is 11.0 Å². The molecule has 0 aliphatic heterocycles. The zero-order valence-corrected chi connectivity index (χ0v) is 19.9. The number of halogens is 1. The van der Waals surface area contributed by atoms with E-state index in [-0.39, 0.29) is 17.6 Å². The number of benzene rings is 2. The third-order valence-electron chi connectivity index (χ3n) is 5.67. The maximum Gasteiger partial charge on any atom is 0.337 e. The SMILES string of the molecule is COC(=O)c1ccc(CNC(=O)CSc2nnc(-c3ccccc3Cl)n2C2CCCC2)cc1. The number of methoxy groups -OCH3 is 1. The normalized spacial score (nSPS) is 13.8. The van der Waals surface area contributed by atoms with Gasteiger partial charge in [-0.1, -0.05) is 60.5 Å². The third kappa shape index (κ3) is 5.57. The predicted molar refractivity (Wildman–Crippen MR) is 128 cm³/mol. The largest absolute Gasteiger partial charge is 0.465 e. The van der Waals surface area contributed by atoms with Crippen LogP contribution in [0.25, 0.3) is 11.4 Å². The molecule has 1 aliphatic carbocycles. The van der Waals surface area contributed by atoms with Crippen LogP contribution in [0.1, 0.15) is 47.6 Å². The van der Waals surface area contributed by atoms with Gasteiger partial charge in [0.25, 0.3) is 0 Å². The molecule has 2 aromatic carbocycles. The monoisotopic (exact) mass is 484 g/mol. The second-order valence-electron chi connectivity index (χ2n) is 7.85. The zero-order chi connectivity index (χ0) is 23.2. The van der Waals surface area contributed by atoms with Gasteiger partial charge in [-0.25, -0.2) is 4.79 Å². The Morgan fingerprint density at radius 3 is 2.55 bits per heavy atom. The number of nitrogens with one attached hydrogen (secondary N) is 1. The number of thioether (sulfide) groups is 1. The fourth-order valence-electron chi connectivity index (χ4n) is 3.95. The Labute approximate surface area is 201 Å². The topological polar surface area (TPSA) is 86.1 Å². The van der Waals surface area contributed by atoms with Crippen molar-refractivity contribution >= 4 is 35.2 Å².